The van der Waals surface area contributed by atoms with E-state index in [4.69, 9.17) is 5.73 Å². The summed E-state index contributed by atoms with van der Waals surface area (Å²) in [4.78, 5) is 28.4. The van der Waals surface area contributed by atoms with Crippen LogP contribution >= 0.6 is 0 Å². The lowest BCUT2D eigenvalue weighted by molar-refractivity contribution is -0.121. The Labute approximate surface area is 118 Å². The number of imide groups is 1. The number of nitrogens with two attached hydrogens (primary N) is 1. The Morgan fingerprint density at radius 2 is 2.40 bits per heavy atom. The van der Waals surface area contributed by atoms with Gasteiger partial charge in [-0.2, -0.15) is 0 Å². The molecule has 110 valence electrons. The Bertz CT molecular complexity index is 456. The van der Waals surface area contributed by atoms with Gasteiger partial charge in [-0.3, -0.25) is 19.8 Å². The summed E-state index contributed by atoms with van der Waals surface area (Å²) in [6.45, 7) is 3.95. The predicted octanol–water partition coefficient (Wildman–Crippen LogP) is 0.330. The summed E-state index contributed by atoms with van der Waals surface area (Å²) in [7, 11) is 0. The molecular formula is C14H22N4O2. The smallest absolute Gasteiger partial charge is 0.274 e. The van der Waals surface area contributed by atoms with Crippen LogP contribution in [0.3, 0.4) is 0 Å². The van der Waals surface area contributed by atoms with Gasteiger partial charge in [0.15, 0.2) is 0 Å². The molecule has 0 radical (unpaired) electrons. The van der Waals surface area contributed by atoms with Crippen LogP contribution in [0.1, 0.15) is 30.3 Å². The van der Waals surface area contributed by atoms with Gasteiger partial charge < -0.3 is 10.7 Å². The lowest BCUT2D eigenvalue weighted by Gasteiger charge is -2.34. The van der Waals surface area contributed by atoms with Crippen molar-refractivity contribution in [3.63, 3.8) is 0 Å². The molecule has 4 N–H and O–H groups in total. The van der Waals surface area contributed by atoms with Crippen LogP contribution in [0.5, 0.6) is 0 Å². The van der Waals surface area contributed by atoms with Crippen LogP contribution in [0.4, 0.5) is 0 Å². The van der Waals surface area contributed by atoms with E-state index in [9.17, 15) is 9.59 Å². The highest BCUT2D eigenvalue weighted by Gasteiger charge is 2.24. The summed E-state index contributed by atoms with van der Waals surface area (Å²) in [5.74, 6) is -0.230. The molecule has 2 heterocycles. The second-order valence-electron chi connectivity index (χ2n) is 5.46. The number of piperidine rings is 1. The quantitative estimate of drug-likeness (QED) is 0.740. The molecule has 1 aliphatic heterocycles. The maximum absolute atomic E-state index is 11.9. The average molecular weight is 278 g/mol. The van der Waals surface area contributed by atoms with Crippen molar-refractivity contribution in [2.24, 2.45) is 11.7 Å². The van der Waals surface area contributed by atoms with Gasteiger partial charge >= 0.3 is 0 Å². The first-order valence-electron chi connectivity index (χ1n) is 7.02. The minimum atomic E-state index is -0.388. The van der Waals surface area contributed by atoms with Gasteiger partial charge in [-0.1, -0.05) is 0 Å². The molecule has 1 aromatic rings. The minimum absolute atomic E-state index is 0.140. The number of aromatic amines is 1. The third kappa shape index (κ3) is 3.91. The number of amides is 2. The lowest BCUT2D eigenvalue weighted by Crippen LogP contribution is -2.47. The number of rotatable bonds is 4. The lowest BCUT2D eigenvalue weighted by atomic mass is 9.92. The molecule has 0 aliphatic carbocycles. The molecule has 6 nitrogen and oxygen atoms in total. The van der Waals surface area contributed by atoms with E-state index in [1.54, 1.807) is 18.3 Å². The van der Waals surface area contributed by atoms with Crippen molar-refractivity contribution in [1.29, 1.82) is 0 Å². The van der Waals surface area contributed by atoms with Crippen molar-refractivity contribution in [1.82, 2.24) is 15.2 Å². The highest BCUT2D eigenvalue weighted by molar-refractivity contribution is 6.04. The Morgan fingerprint density at radius 1 is 1.60 bits per heavy atom. The summed E-state index contributed by atoms with van der Waals surface area (Å²) < 4.78 is 0. The first kappa shape index (κ1) is 14.7. The molecular weight excluding hydrogens is 256 g/mol. The third-order valence-corrected chi connectivity index (χ3v) is 3.75. The van der Waals surface area contributed by atoms with Gasteiger partial charge in [0.1, 0.15) is 5.69 Å². The highest BCUT2D eigenvalue weighted by atomic mass is 16.2. The van der Waals surface area contributed by atoms with Gasteiger partial charge in [0.05, 0.1) is 6.54 Å². The van der Waals surface area contributed by atoms with Crippen LogP contribution in [0.25, 0.3) is 0 Å². The fourth-order valence-electron chi connectivity index (χ4n) is 2.57. The number of likely N-dealkylation sites (tertiary alicyclic amines) is 1. The number of H-pyrrole nitrogens is 1. The first-order valence-corrected chi connectivity index (χ1v) is 7.02. The van der Waals surface area contributed by atoms with Crippen LogP contribution in [0.2, 0.25) is 0 Å². The van der Waals surface area contributed by atoms with E-state index in [1.807, 2.05) is 6.92 Å². The fourth-order valence-corrected chi connectivity index (χ4v) is 2.57. The second kappa shape index (κ2) is 6.67. The van der Waals surface area contributed by atoms with E-state index in [-0.39, 0.29) is 24.4 Å². The van der Waals surface area contributed by atoms with Gasteiger partial charge in [-0.05, 0) is 44.4 Å². The molecule has 0 spiro atoms. The summed E-state index contributed by atoms with van der Waals surface area (Å²) in [6.07, 6.45) is 3.80. The topological polar surface area (TPSA) is 91.2 Å². The molecule has 2 amide bonds. The molecule has 2 atom stereocenters. The highest BCUT2D eigenvalue weighted by Crippen LogP contribution is 2.18. The summed E-state index contributed by atoms with van der Waals surface area (Å²) in [6, 6.07) is 3.49. The summed E-state index contributed by atoms with van der Waals surface area (Å²) >= 11 is 0. The van der Waals surface area contributed by atoms with Gasteiger partial charge in [0.2, 0.25) is 5.91 Å². The number of carbonyl (C=O) groups is 2. The van der Waals surface area contributed by atoms with Gasteiger partial charge in [0, 0.05) is 18.8 Å². The molecule has 1 aromatic heterocycles. The zero-order valence-electron chi connectivity index (χ0n) is 11.8. The van der Waals surface area contributed by atoms with Gasteiger partial charge in [0.25, 0.3) is 5.91 Å². The molecule has 0 saturated carbocycles. The van der Waals surface area contributed by atoms with E-state index in [0.717, 1.165) is 25.9 Å². The van der Waals surface area contributed by atoms with Gasteiger partial charge in [-0.15, -0.1) is 0 Å². The largest absolute Gasteiger partial charge is 0.357 e. The van der Waals surface area contributed by atoms with Crippen LogP contribution in [-0.2, 0) is 4.79 Å². The van der Waals surface area contributed by atoms with Crippen LogP contribution in [0, 0.1) is 5.92 Å². The monoisotopic (exact) mass is 278 g/mol. The number of hydrogen-bond acceptors (Lipinski definition) is 4. The molecule has 1 aliphatic rings. The van der Waals surface area contributed by atoms with E-state index in [0.29, 0.717) is 11.6 Å². The van der Waals surface area contributed by atoms with Crippen molar-refractivity contribution in [3.8, 4) is 0 Å². The number of aromatic nitrogens is 1. The van der Waals surface area contributed by atoms with E-state index in [1.165, 1.54) is 0 Å². The van der Waals surface area contributed by atoms with Crippen molar-refractivity contribution in [2.45, 2.75) is 25.8 Å². The molecule has 1 saturated heterocycles. The Balaban J connectivity index is 1.81. The Hall–Kier alpha value is -1.66. The second-order valence-corrected chi connectivity index (χ2v) is 5.46. The fraction of sp³-hybridized carbons (Fsp3) is 0.571. The molecule has 6 heteroatoms. The number of carbonyl (C=O) groups excluding carboxylic acids is 2. The number of hydrogen-bond donors (Lipinski definition) is 3. The summed E-state index contributed by atoms with van der Waals surface area (Å²) in [5.41, 5.74) is 6.31. The standard InChI is InChI=1S/C14H22N4O2/c1-10(15)11-4-3-7-18(8-11)9-13(19)17-14(20)12-5-2-6-16-12/h2,5-6,10-11,16H,3-4,7-9,15H2,1H3,(H,17,19,20). The van der Waals surface area contributed by atoms with E-state index in [2.05, 4.69) is 15.2 Å². The molecule has 2 unspecified atom stereocenters. The van der Waals surface area contributed by atoms with Crippen molar-refractivity contribution in [3.05, 3.63) is 24.0 Å². The zero-order valence-corrected chi connectivity index (χ0v) is 11.8. The van der Waals surface area contributed by atoms with Crippen LogP contribution < -0.4 is 11.1 Å². The molecule has 0 bridgehead atoms. The predicted molar refractivity (Wildman–Crippen MR) is 76.1 cm³/mol. The van der Waals surface area contributed by atoms with E-state index >= 15 is 0 Å². The van der Waals surface area contributed by atoms with Crippen molar-refractivity contribution in [2.75, 3.05) is 19.6 Å². The molecule has 20 heavy (non-hydrogen) atoms. The minimum Gasteiger partial charge on any atom is -0.357 e. The third-order valence-electron chi connectivity index (χ3n) is 3.75. The van der Waals surface area contributed by atoms with Gasteiger partial charge in [-0.25, -0.2) is 0 Å². The summed E-state index contributed by atoms with van der Waals surface area (Å²) in [5, 5.41) is 2.39. The van der Waals surface area contributed by atoms with Crippen molar-refractivity contribution < 1.29 is 9.59 Å². The van der Waals surface area contributed by atoms with E-state index < -0.39 is 0 Å². The molecule has 1 fully saturated rings. The zero-order chi connectivity index (χ0) is 14.5. The normalized spacial score (nSPS) is 21.4. The maximum Gasteiger partial charge on any atom is 0.274 e. The Morgan fingerprint density at radius 3 is 3.05 bits per heavy atom. The Kier molecular flexibility index (Phi) is 4.92. The molecule has 2 rings (SSSR count). The van der Waals surface area contributed by atoms with Crippen molar-refractivity contribution >= 4 is 11.8 Å². The SMILES string of the molecule is CC(N)C1CCCN(CC(=O)NC(=O)c2ccc[nH]2)C1. The first-order chi connectivity index (χ1) is 9.56. The number of nitrogens with zero attached hydrogens (tertiary/aromatic N) is 1. The maximum atomic E-state index is 11.9. The average Bonchev–Trinajstić information content (AvgIpc) is 2.92. The van der Waals surface area contributed by atoms with Crippen LogP contribution in [0.15, 0.2) is 18.3 Å². The van der Waals surface area contributed by atoms with Crippen LogP contribution in [-0.4, -0.2) is 47.4 Å². The molecule has 0 aromatic carbocycles. The number of nitrogens with one attached hydrogen (secondary N) is 2.